The van der Waals surface area contributed by atoms with Crippen LogP contribution < -0.4 is 0 Å². The van der Waals surface area contributed by atoms with Crippen molar-refractivity contribution in [2.75, 3.05) is 0 Å². The van der Waals surface area contributed by atoms with E-state index >= 15 is 0 Å². The van der Waals surface area contributed by atoms with Gasteiger partial charge in [-0.3, -0.25) is 0 Å². The van der Waals surface area contributed by atoms with Gasteiger partial charge in [-0.05, 0) is 30.2 Å². The molecule has 0 saturated carbocycles. The lowest BCUT2D eigenvalue weighted by Gasteiger charge is -2.09. The highest BCUT2D eigenvalue weighted by molar-refractivity contribution is 7.54. The molecule has 0 unspecified atom stereocenters. The Kier molecular flexibility index (Phi) is 3.75. The number of oxazole rings is 1. The zero-order valence-electron chi connectivity index (χ0n) is 11.3. The number of nitrogens with zero attached hydrogens (tertiary/aromatic N) is 2. The van der Waals surface area contributed by atoms with E-state index in [1.54, 1.807) is 6.20 Å². The summed E-state index contributed by atoms with van der Waals surface area (Å²) in [5.41, 5.74) is 4.43. The van der Waals surface area contributed by atoms with E-state index in [0.717, 1.165) is 22.3 Å². The Morgan fingerprint density at radius 3 is 2.62 bits per heavy atom. The molecular weight excluding hydrogens is 284 g/mol. The highest BCUT2D eigenvalue weighted by Gasteiger charge is 2.13. The van der Waals surface area contributed by atoms with Crippen molar-refractivity contribution in [3.63, 3.8) is 0 Å². The third kappa shape index (κ3) is 2.68. The molecule has 0 aliphatic carbocycles. The fourth-order valence-electron chi connectivity index (χ4n) is 2.25. The van der Waals surface area contributed by atoms with Crippen LogP contribution in [0.5, 0.6) is 0 Å². The Balaban J connectivity index is 2.22. The summed E-state index contributed by atoms with van der Waals surface area (Å²) in [5.74, 6) is 0.527. The Hall–Kier alpha value is -2.53. The van der Waals surface area contributed by atoms with E-state index in [-0.39, 0.29) is 11.5 Å². The maximum absolute atomic E-state index is 10.9. The van der Waals surface area contributed by atoms with Crippen LogP contribution in [0.15, 0.2) is 63.7 Å². The van der Waals surface area contributed by atoms with Crippen molar-refractivity contribution in [2.24, 2.45) is 4.36 Å². The van der Waals surface area contributed by atoms with Gasteiger partial charge in [0.15, 0.2) is 0 Å². The average molecular weight is 296 g/mol. The van der Waals surface area contributed by atoms with Crippen molar-refractivity contribution in [1.82, 2.24) is 4.98 Å². The van der Waals surface area contributed by atoms with Gasteiger partial charge < -0.3 is 4.42 Å². The van der Waals surface area contributed by atoms with E-state index in [1.807, 2.05) is 49.4 Å². The van der Waals surface area contributed by atoms with E-state index in [0.29, 0.717) is 11.6 Å². The van der Waals surface area contributed by atoms with Crippen molar-refractivity contribution in [1.29, 1.82) is 0 Å². The van der Waals surface area contributed by atoms with Crippen LogP contribution in [0, 0.1) is 6.92 Å². The third-order valence-corrected chi connectivity index (χ3v) is 3.50. The molecule has 0 amide bonds. The van der Waals surface area contributed by atoms with E-state index in [1.165, 1.54) is 6.26 Å². The van der Waals surface area contributed by atoms with Gasteiger partial charge in [0.05, 0.1) is 11.9 Å². The van der Waals surface area contributed by atoms with Crippen molar-refractivity contribution < 1.29 is 8.63 Å². The lowest BCUT2D eigenvalue weighted by Crippen LogP contribution is -1.87. The zero-order valence-corrected chi connectivity index (χ0v) is 12.1. The Morgan fingerprint density at radius 1 is 1.14 bits per heavy atom. The molecule has 4 nitrogen and oxygen atoms in total. The molecule has 0 aliphatic heterocycles. The summed E-state index contributed by atoms with van der Waals surface area (Å²) in [7, 11) is 0. The van der Waals surface area contributed by atoms with Crippen molar-refractivity contribution in [2.45, 2.75) is 6.92 Å². The van der Waals surface area contributed by atoms with Gasteiger partial charge >= 0.3 is 0 Å². The molecule has 0 aliphatic rings. The van der Waals surface area contributed by atoms with Crippen molar-refractivity contribution in [3.05, 3.63) is 60.5 Å². The second-order valence-corrected chi connectivity index (χ2v) is 4.89. The minimum atomic E-state index is 0.199. The van der Waals surface area contributed by atoms with Crippen LogP contribution in [-0.4, -0.2) is 9.19 Å². The van der Waals surface area contributed by atoms with E-state index in [4.69, 9.17) is 4.42 Å². The molecule has 5 heteroatoms. The number of benzene rings is 2. The Labute approximate surface area is 125 Å². The van der Waals surface area contributed by atoms with Gasteiger partial charge in [0.25, 0.3) is 0 Å². The molecule has 0 bridgehead atoms. The number of rotatable bonds is 3. The van der Waals surface area contributed by atoms with Crippen LogP contribution in [0.3, 0.4) is 0 Å². The first-order chi connectivity index (χ1) is 10.3. The molecule has 0 radical (unpaired) electrons. The first kappa shape index (κ1) is 13.5. The second kappa shape index (κ2) is 5.85. The third-order valence-electron chi connectivity index (χ3n) is 3.23. The van der Waals surface area contributed by atoms with Crippen LogP contribution in [0.2, 0.25) is 0 Å². The van der Waals surface area contributed by atoms with Crippen LogP contribution in [-0.2, 0) is 11.5 Å². The molecule has 0 fully saturated rings. The molecule has 3 aromatic rings. The zero-order chi connectivity index (χ0) is 14.7. The van der Waals surface area contributed by atoms with Crippen molar-refractivity contribution >= 4 is 17.2 Å². The van der Waals surface area contributed by atoms with E-state index in [9.17, 15) is 4.21 Å². The number of hydrogen-bond acceptors (Lipinski definition) is 4. The summed E-state index contributed by atoms with van der Waals surface area (Å²) in [6.45, 7) is 1.99. The largest absolute Gasteiger partial charge is 0.445 e. The SMILES string of the molecule is Cc1cc(-c2ccccc2)c(N=S=O)cc1-c1ncco1. The topological polar surface area (TPSA) is 55.5 Å². The summed E-state index contributed by atoms with van der Waals surface area (Å²) >= 11 is 0.199. The van der Waals surface area contributed by atoms with Gasteiger partial charge in [-0.25, -0.2) is 4.98 Å². The van der Waals surface area contributed by atoms with Crippen molar-refractivity contribution in [3.8, 4) is 22.6 Å². The van der Waals surface area contributed by atoms with Gasteiger partial charge in [-0.15, -0.1) is 0 Å². The summed E-state index contributed by atoms with van der Waals surface area (Å²) < 4.78 is 20.2. The monoisotopic (exact) mass is 296 g/mol. The normalized spacial score (nSPS) is 10.3. The van der Waals surface area contributed by atoms with E-state index in [2.05, 4.69) is 9.35 Å². The predicted molar refractivity (Wildman–Crippen MR) is 82.3 cm³/mol. The lowest BCUT2D eigenvalue weighted by atomic mass is 9.98. The van der Waals surface area contributed by atoms with Crippen LogP contribution in [0.1, 0.15) is 5.56 Å². The van der Waals surface area contributed by atoms with Gasteiger partial charge in [0.2, 0.25) is 17.4 Å². The summed E-state index contributed by atoms with van der Waals surface area (Å²) in [5, 5.41) is 0. The van der Waals surface area contributed by atoms with E-state index < -0.39 is 0 Å². The maximum atomic E-state index is 10.9. The van der Waals surface area contributed by atoms with Crippen LogP contribution >= 0.6 is 0 Å². The molecule has 0 N–H and O–H groups in total. The molecule has 104 valence electrons. The fraction of sp³-hybridized carbons (Fsp3) is 0.0625. The second-order valence-electron chi connectivity index (χ2n) is 4.55. The summed E-state index contributed by atoms with van der Waals surface area (Å²) in [6.07, 6.45) is 3.12. The van der Waals surface area contributed by atoms with Gasteiger partial charge in [0, 0.05) is 11.1 Å². The molecule has 2 aromatic carbocycles. The number of hydrogen-bond donors (Lipinski definition) is 0. The molecule has 1 heterocycles. The summed E-state index contributed by atoms with van der Waals surface area (Å²) in [4.78, 5) is 4.16. The Morgan fingerprint density at radius 2 is 1.95 bits per heavy atom. The molecule has 0 saturated heterocycles. The molecule has 0 spiro atoms. The van der Waals surface area contributed by atoms with Gasteiger partial charge in [0.1, 0.15) is 6.26 Å². The fourth-order valence-corrected chi connectivity index (χ4v) is 2.48. The first-order valence-electron chi connectivity index (χ1n) is 6.39. The highest BCUT2D eigenvalue weighted by Crippen LogP contribution is 2.36. The Bertz CT molecular complexity index is 808. The number of aromatic nitrogens is 1. The maximum Gasteiger partial charge on any atom is 0.226 e. The standard InChI is InChI=1S/C16H12N2O2S/c1-11-9-14(12-5-3-2-4-6-12)15(18-21-19)10-13(11)16-17-7-8-20-16/h2-10H,1H3. The van der Waals surface area contributed by atoms with Crippen LogP contribution in [0.25, 0.3) is 22.6 Å². The number of aryl methyl sites for hydroxylation is 1. The average Bonchev–Trinajstić information content (AvgIpc) is 3.04. The molecule has 1 aromatic heterocycles. The minimum Gasteiger partial charge on any atom is -0.445 e. The van der Waals surface area contributed by atoms with Gasteiger partial charge in [-0.1, -0.05) is 30.3 Å². The summed E-state index contributed by atoms with van der Waals surface area (Å²) in [6, 6.07) is 13.7. The van der Waals surface area contributed by atoms with Gasteiger partial charge in [-0.2, -0.15) is 8.57 Å². The van der Waals surface area contributed by atoms with Crippen LogP contribution in [0.4, 0.5) is 5.69 Å². The predicted octanol–water partition coefficient (Wildman–Crippen LogP) is 4.35. The lowest BCUT2D eigenvalue weighted by molar-refractivity contribution is 0.574. The molecular formula is C16H12N2O2S. The minimum absolute atomic E-state index is 0.199. The molecule has 0 atom stereocenters. The first-order valence-corrected chi connectivity index (χ1v) is 7.09. The molecule has 21 heavy (non-hydrogen) atoms. The quantitative estimate of drug-likeness (QED) is 0.722. The highest BCUT2D eigenvalue weighted by atomic mass is 32.1. The molecule has 3 rings (SSSR count). The smallest absolute Gasteiger partial charge is 0.226 e.